The van der Waals surface area contributed by atoms with Gasteiger partial charge in [0, 0.05) is 25.2 Å². The van der Waals surface area contributed by atoms with E-state index in [-0.39, 0.29) is 6.54 Å². The van der Waals surface area contributed by atoms with Crippen molar-refractivity contribution < 1.29 is 22.7 Å². The van der Waals surface area contributed by atoms with E-state index in [0.717, 1.165) is 18.9 Å². The maximum absolute atomic E-state index is 12.7. The highest BCUT2D eigenvalue weighted by molar-refractivity contribution is 5.52. The molecular weight excluding hydrogens is 421 g/mol. The summed E-state index contributed by atoms with van der Waals surface area (Å²) in [5.41, 5.74) is 1.48. The predicted molar refractivity (Wildman–Crippen MR) is 115 cm³/mol. The number of pyridine rings is 1. The van der Waals surface area contributed by atoms with Gasteiger partial charge in [0.25, 0.3) is 0 Å². The van der Waals surface area contributed by atoms with Crippen molar-refractivity contribution in [1.29, 1.82) is 5.26 Å². The molecular formula is C23H27F3N4O2. The number of halogens is 3. The Kier molecular flexibility index (Phi) is 8.88. The van der Waals surface area contributed by atoms with Crippen molar-refractivity contribution in [3.05, 3.63) is 52.7 Å². The fraction of sp³-hybridized carbons (Fsp3) is 0.435. The fourth-order valence-corrected chi connectivity index (χ4v) is 3.29. The van der Waals surface area contributed by atoms with Crippen molar-refractivity contribution in [2.45, 2.75) is 45.3 Å². The summed E-state index contributed by atoms with van der Waals surface area (Å²) in [4.78, 5) is 15.9. The molecule has 1 N–H and O–H groups in total. The summed E-state index contributed by atoms with van der Waals surface area (Å²) in [5, 5.41) is 11.2. The van der Waals surface area contributed by atoms with Crippen LogP contribution in [0.2, 0.25) is 0 Å². The zero-order valence-corrected chi connectivity index (χ0v) is 18.4. The number of benzene rings is 1. The van der Waals surface area contributed by atoms with Gasteiger partial charge in [-0.3, -0.25) is 4.79 Å². The number of amides is 1. The number of nitrogens with one attached hydrogen (secondary N) is 1. The van der Waals surface area contributed by atoms with Crippen molar-refractivity contribution in [2.75, 3.05) is 25.1 Å². The molecule has 172 valence electrons. The first-order chi connectivity index (χ1) is 15.2. The van der Waals surface area contributed by atoms with Crippen molar-refractivity contribution in [3.8, 4) is 11.8 Å². The third-order valence-corrected chi connectivity index (χ3v) is 5.04. The van der Waals surface area contributed by atoms with Crippen LogP contribution in [0.3, 0.4) is 0 Å². The highest BCUT2D eigenvalue weighted by atomic mass is 19.4. The van der Waals surface area contributed by atoms with Gasteiger partial charge in [-0.2, -0.15) is 18.4 Å². The third kappa shape index (κ3) is 6.61. The second kappa shape index (κ2) is 11.4. The lowest BCUT2D eigenvalue weighted by Gasteiger charge is -2.21. The molecule has 0 unspecified atom stereocenters. The monoisotopic (exact) mass is 448 g/mol. The smallest absolute Gasteiger partial charge is 0.433 e. The minimum atomic E-state index is -4.45. The summed E-state index contributed by atoms with van der Waals surface area (Å²) in [7, 11) is 1.58. The van der Waals surface area contributed by atoms with Gasteiger partial charge in [-0.05, 0) is 42.5 Å². The number of carbonyl (C=O) groups excluding carboxylic acids is 1. The Labute approximate surface area is 186 Å². The Bertz CT molecular complexity index is 949. The minimum Gasteiger partial charge on any atom is -0.495 e. The maximum Gasteiger partial charge on any atom is 0.433 e. The minimum absolute atomic E-state index is 0.181. The van der Waals surface area contributed by atoms with E-state index >= 15 is 0 Å². The molecule has 2 heterocycles. The molecule has 1 saturated heterocycles. The number of anilines is 1. The molecule has 0 bridgehead atoms. The van der Waals surface area contributed by atoms with Crippen LogP contribution >= 0.6 is 0 Å². The van der Waals surface area contributed by atoms with Crippen LogP contribution in [0.25, 0.3) is 0 Å². The predicted octanol–water partition coefficient (Wildman–Crippen LogP) is 4.64. The summed E-state index contributed by atoms with van der Waals surface area (Å²) >= 11 is 0. The van der Waals surface area contributed by atoms with Gasteiger partial charge in [-0.25, -0.2) is 4.98 Å². The van der Waals surface area contributed by atoms with E-state index in [9.17, 15) is 18.0 Å². The summed E-state index contributed by atoms with van der Waals surface area (Å²) in [5.74, 6) is 1.44. The van der Waals surface area contributed by atoms with Crippen LogP contribution in [0.15, 0.2) is 30.3 Å². The lowest BCUT2D eigenvalue weighted by Crippen LogP contribution is -2.24. The van der Waals surface area contributed by atoms with Gasteiger partial charge in [0.15, 0.2) is 0 Å². The van der Waals surface area contributed by atoms with E-state index in [1.54, 1.807) is 13.2 Å². The third-order valence-electron chi connectivity index (χ3n) is 5.04. The largest absolute Gasteiger partial charge is 0.495 e. The molecule has 6 nitrogen and oxygen atoms in total. The Morgan fingerprint density at radius 1 is 1.25 bits per heavy atom. The topological polar surface area (TPSA) is 78.2 Å². The SMILES string of the molecule is COc1cc(C(C)C)ccc1C#N.O=CNCc1ccc(C(F)(F)F)nc1N1CCCC1. The number of nitriles is 1. The summed E-state index contributed by atoms with van der Waals surface area (Å²) in [6.45, 7) is 5.80. The second-order valence-corrected chi connectivity index (χ2v) is 7.60. The van der Waals surface area contributed by atoms with Crippen molar-refractivity contribution in [3.63, 3.8) is 0 Å². The average molecular weight is 448 g/mol. The number of carbonyl (C=O) groups is 1. The van der Waals surface area contributed by atoms with Crippen molar-refractivity contribution in [1.82, 2.24) is 10.3 Å². The van der Waals surface area contributed by atoms with Gasteiger partial charge < -0.3 is 15.0 Å². The molecule has 0 radical (unpaired) electrons. The van der Waals surface area contributed by atoms with E-state index in [1.807, 2.05) is 17.0 Å². The van der Waals surface area contributed by atoms with Gasteiger partial charge in [-0.1, -0.05) is 26.0 Å². The van der Waals surface area contributed by atoms with E-state index in [4.69, 9.17) is 10.00 Å². The quantitative estimate of drug-likeness (QED) is 0.652. The number of aromatic nitrogens is 1. The molecule has 0 saturated carbocycles. The summed E-state index contributed by atoms with van der Waals surface area (Å²) in [6, 6.07) is 10.1. The molecule has 9 heteroatoms. The van der Waals surface area contributed by atoms with Gasteiger partial charge in [0.05, 0.1) is 12.7 Å². The molecule has 3 rings (SSSR count). The van der Waals surface area contributed by atoms with Gasteiger partial charge >= 0.3 is 6.18 Å². The molecule has 1 aromatic heterocycles. The molecule has 2 aromatic rings. The molecule has 0 spiro atoms. The summed E-state index contributed by atoms with van der Waals surface area (Å²) in [6.07, 6.45) is -2.05. The molecule has 32 heavy (non-hydrogen) atoms. The number of methoxy groups -OCH3 is 1. The molecule has 1 aromatic carbocycles. The number of rotatable bonds is 6. The van der Waals surface area contributed by atoms with Crippen molar-refractivity contribution >= 4 is 12.2 Å². The van der Waals surface area contributed by atoms with Crippen LogP contribution in [0.4, 0.5) is 19.0 Å². The molecule has 1 aliphatic heterocycles. The zero-order valence-electron chi connectivity index (χ0n) is 18.4. The van der Waals surface area contributed by atoms with Crippen LogP contribution in [0.1, 0.15) is 55.0 Å². The Morgan fingerprint density at radius 3 is 2.47 bits per heavy atom. The maximum atomic E-state index is 12.7. The molecule has 1 fully saturated rings. The van der Waals surface area contributed by atoms with E-state index in [2.05, 4.69) is 30.2 Å². The van der Waals surface area contributed by atoms with Crippen LogP contribution in [0.5, 0.6) is 5.75 Å². The van der Waals surface area contributed by atoms with Gasteiger partial charge in [0.2, 0.25) is 6.41 Å². The summed E-state index contributed by atoms with van der Waals surface area (Å²) < 4.78 is 43.2. The first kappa shape index (κ1) is 25.0. The number of alkyl halides is 3. The molecule has 0 atom stereocenters. The number of ether oxygens (including phenoxy) is 1. The van der Waals surface area contributed by atoms with Crippen LogP contribution in [0, 0.1) is 11.3 Å². The van der Waals surface area contributed by atoms with Crippen LogP contribution in [-0.4, -0.2) is 31.6 Å². The van der Waals surface area contributed by atoms with Crippen LogP contribution in [-0.2, 0) is 17.5 Å². The van der Waals surface area contributed by atoms with E-state index < -0.39 is 11.9 Å². The van der Waals surface area contributed by atoms with E-state index in [1.165, 1.54) is 11.6 Å². The van der Waals surface area contributed by atoms with Crippen LogP contribution < -0.4 is 15.0 Å². The Hall–Kier alpha value is -3.28. The standard InChI is InChI=1S/C12H14F3N3O.C11H13NO/c13-12(14,15)10-4-3-9(7-16-8-19)11(17-10)18-5-1-2-6-18;1-8(2)9-4-5-10(7-12)11(6-9)13-3/h3-4,8H,1-2,5-7H2,(H,16,19);4-6,8H,1-3H3. The first-order valence-corrected chi connectivity index (χ1v) is 10.3. The Morgan fingerprint density at radius 2 is 1.94 bits per heavy atom. The highest BCUT2D eigenvalue weighted by Crippen LogP contribution is 2.31. The average Bonchev–Trinajstić information content (AvgIpc) is 3.31. The van der Waals surface area contributed by atoms with E-state index in [0.29, 0.717) is 48.1 Å². The fourth-order valence-electron chi connectivity index (χ4n) is 3.29. The Balaban J connectivity index is 0.000000244. The lowest BCUT2D eigenvalue weighted by molar-refractivity contribution is -0.141. The zero-order chi connectivity index (χ0) is 23.7. The van der Waals surface area contributed by atoms with Crippen molar-refractivity contribution in [2.24, 2.45) is 0 Å². The van der Waals surface area contributed by atoms with Gasteiger partial charge in [0.1, 0.15) is 23.3 Å². The number of hydrogen-bond acceptors (Lipinski definition) is 5. The highest BCUT2D eigenvalue weighted by Gasteiger charge is 2.33. The molecule has 1 amide bonds. The number of nitrogens with zero attached hydrogens (tertiary/aromatic N) is 3. The molecule has 1 aliphatic rings. The normalized spacial score (nSPS) is 13.2. The number of hydrogen-bond donors (Lipinski definition) is 1. The second-order valence-electron chi connectivity index (χ2n) is 7.60. The van der Waals surface area contributed by atoms with Gasteiger partial charge in [-0.15, -0.1) is 0 Å². The molecule has 0 aliphatic carbocycles. The first-order valence-electron chi connectivity index (χ1n) is 10.3. The lowest BCUT2D eigenvalue weighted by atomic mass is 10.0.